The minimum atomic E-state index is -0.0182. The Labute approximate surface area is 151 Å². The Morgan fingerprint density at radius 2 is 1.38 bits per heavy atom. The van der Waals surface area contributed by atoms with Crippen LogP contribution in [0.25, 0.3) is 33.0 Å². The summed E-state index contributed by atoms with van der Waals surface area (Å²) in [5, 5.41) is 2.15. The van der Waals surface area contributed by atoms with E-state index < -0.39 is 0 Å². The van der Waals surface area contributed by atoms with E-state index >= 15 is 0 Å². The summed E-state index contributed by atoms with van der Waals surface area (Å²) in [5.74, 6) is 0.627. The second-order valence-electron chi connectivity index (χ2n) is 6.47. The smallest absolute Gasteiger partial charge is 0.196 e. The quantitative estimate of drug-likeness (QED) is 0.393. The molecule has 5 rings (SSSR count). The van der Waals surface area contributed by atoms with Crippen molar-refractivity contribution >= 4 is 16.6 Å². The fraction of sp³-hybridized carbons (Fsp3) is 0.0417. The molecule has 26 heavy (non-hydrogen) atoms. The Morgan fingerprint density at radius 1 is 0.731 bits per heavy atom. The van der Waals surface area contributed by atoms with Crippen molar-refractivity contribution in [3.8, 4) is 28.0 Å². The maximum Gasteiger partial charge on any atom is 0.196 e. The predicted octanol–water partition coefficient (Wildman–Crippen LogP) is 5.73. The van der Waals surface area contributed by atoms with Crippen molar-refractivity contribution in [2.24, 2.45) is 0 Å². The Bertz CT molecular complexity index is 1170. The number of carbonyl (C=O) groups is 1. The third-order valence-corrected chi connectivity index (χ3v) is 5.10. The summed E-state index contributed by atoms with van der Waals surface area (Å²) in [6.07, 6.45) is 0. The summed E-state index contributed by atoms with van der Waals surface area (Å²) in [7, 11) is 1.63. The van der Waals surface area contributed by atoms with Crippen LogP contribution < -0.4 is 4.74 Å². The van der Waals surface area contributed by atoms with Gasteiger partial charge in [-0.3, -0.25) is 4.79 Å². The summed E-state index contributed by atoms with van der Waals surface area (Å²) in [4.78, 5) is 13.2. The van der Waals surface area contributed by atoms with Gasteiger partial charge in [0.1, 0.15) is 5.75 Å². The molecule has 0 fully saturated rings. The molecule has 4 aromatic rings. The van der Waals surface area contributed by atoms with Gasteiger partial charge in [-0.1, -0.05) is 72.8 Å². The van der Waals surface area contributed by atoms with Gasteiger partial charge in [0.2, 0.25) is 0 Å². The van der Waals surface area contributed by atoms with Crippen LogP contribution in [-0.4, -0.2) is 12.9 Å². The molecule has 2 heteroatoms. The van der Waals surface area contributed by atoms with Gasteiger partial charge in [0.05, 0.1) is 12.7 Å². The highest BCUT2D eigenvalue weighted by Crippen LogP contribution is 2.50. The lowest BCUT2D eigenvalue weighted by molar-refractivity contribution is 0.103. The Morgan fingerprint density at radius 3 is 2.12 bits per heavy atom. The zero-order chi connectivity index (χ0) is 17.7. The van der Waals surface area contributed by atoms with Crippen LogP contribution in [0, 0.1) is 0 Å². The number of carbonyl (C=O) groups excluding carboxylic acids is 1. The standard InChI is InChI=1S/C24H16O2/c1-26-24-19-13-7-12-18-16-10-5-6-11-17(16)20(22(18)19)14-21(24)23(25)15-8-3-2-4-9-15/h2-14H,1H3. The minimum absolute atomic E-state index is 0.0182. The Balaban J connectivity index is 1.86. The van der Waals surface area contributed by atoms with Gasteiger partial charge < -0.3 is 4.74 Å². The van der Waals surface area contributed by atoms with Crippen LogP contribution in [0.5, 0.6) is 5.75 Å². The highest BCUT2D eigenvalue weighted by molar-refractivity contribution is 6.22. The first-order valence-corrected chi connectivity index (χ1v) is 8.63. The Kier molecular flexibility index (Phi) is 3.19. The zero-order valence-corrected chi connectivity index (χ0v) is 14.3. The van der Waals surface area contributed by atoms with E-state index in [2.05, 4.69) is 24.3 Å². The second-order valence-corrected chi connectivity index (χ2v) is 6.47. The fourth-order valence-electron chi connectivity index (χ4n) is 3.98. The molecular formula is C24H16O2. The molecule has 0 heterocycles. The molecule has 124 valence electrons. The first-order valence-electron chi connectivity index (χ1n) is 8.63. The largest absolute Gasteiger partial charge is 0.495 e. The number of ketones is 1. The number of fused-ring (bicyclic) bond motifs is 3. The first kappa shape index (κ1) is 14.9. The molecule has 0 bridgehead atoms. The van der Waals surface area contributed by atoms with Gasteiger partial charge in [0.15, 0.2) is 5.78 Å². The van der Waals surface area contributed by atoms with Crippen molar-refractivity contribution in [3.05, 3.63) is 90.0 Å². The molecule has 2 nitrogen and oxygen atoms in total. The molecule has 0 spiro atoms. The topological polar surface area (TPSA) is 26.3 Å². The van der Waals surface area contributed by atoms with Crippen LogP contribution in [0.1, 0.15) is 15.9 Å². The zero-order valence-electron chi connectivity index (χ0n) is 14.3. The lowest BCUT2D eigenvalue weighted by Gasteiger charge is -2.13. The third-order valence-electron chi connectivity index (χ3n) is 5.10. The number of rotatable bonds is 3. The highest BCUT2D eigenvalue weighted by atomic mass is 16.5. The predicted molar refractivity (Wildman–Crippen MR) is 105 cm³/mol. The average molecular weight is 336 g/mol. The normalized spacial score (nSPS) is 11.4. The molecule has 0 amide bonds. The van der Waals surface area contributed by atoms with Crippen LogP contribution in [0.15, 0.2) is 78.9 Å². The Hall–Kier alpha value is -3.39. The number of hydrogen-bond acceptors (Lipinski definition) is 2. The first-order chi connectivity index (χ1) is 12.8. The van der Waals surface area contributed by atoms with Crippen LogP contribution in [0.4, 0.5) is 0 Å². The second kappa shape index (κ2) is 5.57. The van der Waals surface area contributed by atoms with E-state index in [9.17, 15) is 4.79 Å². The van der Waals surface area contributed by atoms with Gasteiger partial charge in [0, 0.05) is 16.3 Å². The molecule has 0 N–H and O–H groups in total. The van der Waals surface area contributed by atoms with E-state index in [-0.39, 0.29) is 5.78 Å². The van der Waals surface area contributed by atoms with E-state index in [1.165, 1.54) is 16.7 Å². The lowest BCUT2D eigenvalue weighted by atomic mass is 9.94. The van der Waals surface area contributed by atoms with Gasteiger partial charge in [-0.05, 0) is 28.3 Å². The van der Waals surface area contributed by atoms with Gasteiger partial charge >= 0.3 is 0 Å². The van der Waals surface area contributed by atoms with Gasteiger partial charge in [-0.15, -0.1) is 0 Å². The van der Waals surface area contributed by atoms with Crippen molar-refractivity contribution < 1.29 is 9.53 Å². The number of methoxy groups -OCH3 is 1. The summed E-state index contributed by atoms with van der Waals surface area (Å²) in [6.45, 7) is 0. The summed E-state index contributed by atoms with van der Waals surface area (Å²) in [6, 6.07) is 25.9. The van der Waals surface area contributed by atoms with Crippen LogP contribution in [-0.2, 0) is 0 Å². The maximum atomic E-state index is 13.2. The van der Waals surface area contributed by atoms with Crippen molar-refractivity contribution in [3.63, 3.8) is 0 Å². The van der Waals surface area contributed by atoms with Crippen molar-refractivity contribution in [1.29, 1.82) is 0 Å². The molecular weight excluding hydrogens is 320 g/mol. The number of hydrogen-bond donors (Lipinski definition) is 0. The molecule has 0 saturated carbocycles. The maximum absolute atomic E-state index is 13.2. The third kappa shape index (κ3) is 1.96. The van der Waals surface area contributed by atoms with Crippen LogP contribution in [0.3, 0.4) is 0 Å². The summed E-state index contributed by atoms with van der Waals surface area (Å²) < 4.78 is 5.72. The molecule has 0 atom stereocenters. The molecule has 1 aliphatic rings. The molecule has 1 aliphatic carbocycles. The van der Waals surface area contributed by atoms with Crippen LogP contribution in [0.2, 0.25) is 0 Å². The summed E-state index contributed by atoms with van der Waals surface area (Å²) >= 11 is 0. The fourth-order valence-corrected chi connectivity index (χ4v) is 3.98. The van der Waals surface area contributed by atoms with Crippen molar-refractivity contribution in [1.82, 2.24) is 0 Å². The average Bonchev–Trinajstić information content (AvgIpc) is 3.03. The van der Waals surface area contributed by atoms with E-state index in [1.807, 2.05) is 54.6 Å². The molecule has 0 radical (unpaired) electrons. The number of benzene rings is 4. The van der Waals surface area contributed by atoms with Crippen molar-refractivity contribution in [2.45, 2.75) is 0 Å². The SMILES string of the molecule is COc1c(C(=O)c2ccccc2)cc2c3c(cccc13)-c1ccccc1-2. The van der Waals surface area contributed by atoms with Gasteiger partial charge in [-0.2, -0.15) is 0 Å². The molecule has 0 aromatic heterocycles. The molecule has 0 aliphatic heterocycles. The van der Waals surface area contributed by atoms with E-state index in [0.29, 0.717) is 16.9 Å². The van der Waals surface area contributed by atoms with E-state index in [1.54, 1.807) is 7.11 Å². The van der Waals surface area contributed by atoms with E-state index in [4.69, 9.17) is 4.74 Å². The van der Waals surface area contributed by atoms with Crippen LogP contribution >= 0.6 is 0 Å². The molecule has 0 saturated heterocycles. The minimum Gasteiger partial charge on any atom is -0.495 e. The molecule has 4 aromatic carbocycles. The highest BCUT2D eigenvalue weighted by Gasteiger charge is 2.26. The summed E-state index contributed by atoms with van der Waals surface area (Å²) in [5.41, 5.74) is 5.95. The lowest BCUT2D eigenvalue weighted by Crippen LogP contribution is -2.04. The number of ether oxygens (including phenoxy) is 1. The monoisotopic (exact) mass is 336 g/mol. The van der Waals surface area contributed by atoms with E-state index in [0.717, 1.165) is 16.3 Å². The van der Waals surface area contributed by atoms with Gasteiger partial charge in [0.25, 0.3) is 0 Å². The van der Waals surface area contributed by atoms with Gasteiger partial charge in [-0.25, -0.2) is 0 Å². The molecule has 0 unspecified atom stereocenters. The van der Waals surface area contributed by atoms with Crippen molar-refractivity contribution in [2.75, 3.05) is 7.11 Å².